The van der Waals surface area contributed by atoms with E-state index in [0.29, 0.717) is 24.6 Å². The number of nitrogens with one attached hydrogen (secondary N) is 1. The van der Waals surface area contributed by atoms with Gasteiger partial charge in [-0.3, -0.25) is 0 Å². The van der Waals surface area contributed by atoms with Crippen LogP contribution < -0.4 is 11.1 Å². The van der Waals surface area contributed by atoms with Crippen molar-refractivity contribution < 1.29 is 0 Å². The van der Waals surface area contributed by atoms with Gasteiger partial charge >= 0.3 is 0 Å². The number of rotatable bonds is 5. The minimum Gasteiger partial charge on any atom is -0.370 e. The van der Waals surface area contributed by atoms with Gasteiger partial charge in [0.05, 0.1) is 18.2 Å². The fourth-order valence-electron chi connectivity index (χ4n) is 2.10. The van der Waals surface area contributed by atoms with E-state index < -0.39 is 0 Å². The molecule has 3 N–H and O–H groups in total. The van der Waals surface area contributed by atoms with Crippen LogP contribution in [0.5, 0.6) is 0 Å². The first kappa shape index (κ1) is 19.7. The highest BCUT2D eigenvalue weighted by atomic mass is 127. The molecule has 5 heteroatoms. The van der Waals surface area contributed by atoms with Crippen molar-refractivity contribution >= 4 is 29.9 Å². The number of hydrogen-bond donors (Lipinski definition) is 2. The van der Waals surface area contributed by atoms with Crippen molar-refractivity contribution in [3.63, 3.8) is 0 Å². The Morgan fingerprint density at radius 1 is 1.21 bits per heavy atom. The van der Waals surface area contributed by atoms with Gasteiger partial charge in [-0.1, -0.05) is 54.6 Å². The monoisotopic (exact) mass is 432 g/mol. The lowest BCUT2D eigenvalue weighted by molar-refractivity contribution is 0.940. The van der Waals surface area contributed by atoms with Gasteiger partial charge in [0.25, 0.3) is 0 Å². The highest BCUT2D eigenvalue weighted by Crippen LogP contribution is 2.23. The van der Waals surface area contributed by atoms with Crippen LogP contribution in [-0.2, 0) is 6.54 Å². The number of nitrogens with two attached hydrogens (primary N) is 1. The molecular weight excluding hydrogens is 411 g/mol. The summed E-state index contributed by atoms with van der Waals surface area (Å²) in [6.45, 7) is 6.86. The van der Waals surface area contributed by atoms with Crippen molar-refractivity contribution in [2.45, 2.75) is 13.5 Å². The van der Waals surface area contributed by atoms with E-state index in [1.807, 2.05) is 55.5 Å². The molecule has 0 atom stereocenters. The normalized spacial score (nSPS) is 10.4. The molecule has 0 amide bonds. The predicted octanol–water partition coefficient (Wildman–Crippen LogP) is 3.82. The maximum Gasteiger partial charge on any atom is 0.189 e. The van der Waals surface area contributed by atoms with E-state index in [0.717, 1.165) is 22.3 Å². The SMILES string of the molecule is C=C(C)CNC(N)=NCc1ccc(-c2ccccc2C#N)cc1.I. The predicted molar refractivity (Wildman–Crippen MR) is 110 cm³/mol. The number of aliphatic imine (C=N–C) groups is 1. The molecule has 124 valence electrons. The second-order valence-electron chi connectivity index (χ2n) is 5.37. The molecule has 0 aliphatic carbocycles. The standard InChI is InChI=1S/C19H20N4.HI/c1-14(2)12-22-19(21)23-13-15-7-9-16(10-8-15)18-6-4-3-5-17(18)11-20;/h3-10H,1,12-13H2,2H3,(H3,21,22,23);1H. The molecule has 2 aromatic rings. The van der Waals surface area contributed by atoms with Crippen LogP contribution in [0.15, 0.2) is 65.7 Å². The maximum atomic E-state index is 9.17. The average molecular weight is 432 g/mol. The Balaban J connectivity index is 0.00000288. The number of nitrogens with zero attached hydrogens (tertiary/aromatic N) is 2. The summed E-state index contributed by atoms with van der Waals surface area (Å²) in [5, 5.41) is 12.2. The van der Waals surface area contributed by atoms with Gasteiger partial charge in [-0.25, -0.2) is 4.99 Å². The molecule has 0 unspecified atom stereocenters. The number of benzene rings is 2. The summed E-state index contributed by atoms with van der Waals surface area (Å²) in [6, 6.07) is 17.8. The zero-order valence-electron chi connectivity index (χ0n) is 13.6. The third-order valence-electron chi connectivity index (χ3n) is 3.32. The smallest absolute Gasteiger partial charge is 0.189 e. The van der Waals surface area contributed by atoms with Crippen molar-refractivity contribution in [3.8, 4) is 17.2 Å². The summed E-state index contributed by atoms with van der Waals surface area (Å²) in [7, 11) is 0. The molecule has 2 rings (SSSR count). The van der Waals surface area contributed by atoms with Gasteiger partial charge in [0, 0.05) is 6.54 Å². The Bertz CT molecular complexity index is 758. The third-order valence-corrected chi connectivity index (χ3v) is 3.32. The molecule has 0 spiro atoms. The average Bonchev–Trinajstić information content (AvgIpc) is 2.58. The van der Waals surface area contributed by atoms with Crippen LogP contribution in [0.1, 0.15) is 18.1 Å². The Morgan fingerprint density at radius 2 is 1.88 bits per heavy atom. The minimum atomic E-state index is 0. The Hall–Kier alpha value is -2.33. The molecule has 0 aliphatic heterocycles. The molecule has 2 aromatic carbocycles. The van der Waals surface area contributed by atoms with Crippen LogP contribution in [0.25, 0.3) is 11.1 Å². The van der Waals surface area contributed by atoms with Crippen LogP contribution in [0.2, 0.25) is 0 Å². The van der Waals surface area contributed by atoms with Crippen LogP contribution in [0, 0.1) is 11.3 Å². The quantitative estimate of drug-likeness (QED) is 0.327. The minimum absolute atomic E-state index is 0. The van der Waals surface area contributed by atoms with Gasteiger partial charge in [-0.05, 0) is 29.7 Å². The fraction of sp³-hybridized carbons (Fsp3) is 0.158. The van der Waals surface area contributed by atoms with Gasteiger partial charge in [-0.2, -0.15) is 5.26 Å². The molecule has 24 heavy (non-hydrogen) atoms. The van der Waals surface area contributed by atoms with E-state index in [9.17, 15) is 5.26 Å². The number of hydrogen-bond acceptors (Lipinski definition) is 2. The molecule has 0 aliphatic rings. The summed E-state index contributed by atoms with van der Waals surface area (Å²) >= 11 is 0. The first-order valence-corrected chi connectivity index (χ1v) is 7.37. The fourth-order valence-corrected chi connectivity index (χ4v) is 2.10. The summed E-state index contributed by atoms with van der Waals surface area (Å²) < 4.78 is 0. The Labute approximate surface area is 160 Å². The van der Waals surface area contributed by atoms with E-state index in [1.54, 1.807) is 0 Å². The summed E-state index contributed by atoms with van der Waals surface area (Å²) in [6.07, 6.45) is 0. The van der Waals surface area contributed by atoms with E-state index in [1.165, 1.54) is 0 Å². The van der Waals surface area contributed by atoms with Gasteiger partial charge in [0.2, 0.25) is 0 Å². The molecular formula is C19H21IN4. The highest BCUT2D eigenvalue weighted by molar-refractivity contribution is 14.0. The van der Waals surface area contributed by atoms with Crippen LogP contribution in [0.3, 0.4) is 0 Å². The first-order chi connectivity index (χ1) is 11.1. The van der Waals surface area contributed by atoms with Crippen molar-refractivity contribution in [2.75, 3.05) is 6.54 Å². The molecule has 0 saturated carbocycles. The molecule has 0 saturated heterocycles. The first-order valence-electron chi connectivity index (χ1n) is 7.37. The Kier molecular flexibility index (Phi) is 7.99. The van der Waals surface area contributed by atoms with E-state index in [4.69, 9.17) is 5.73 Å². The van der Waals surface area contributed by atoms with Crippen LogP contribution in [0.4, 0.5) is 0 Å². The van der Waals surface area contributed by atoms with Gasteiger partial charge in [0.1, 0.15) is 0 Å². The lowest BCUT2D eigenvalue weighted by atomic mass is 9.99. The zero-order chi connectivity index (χ0) is 16.7. The van der Waals surface area contributed by atoms with Gasteiger partial charge in [-0.15, -0.1) is 24.0 Å². The van der Waals surface area contributed by atoms with Crippen molar-refractivity contribution in [1.82, 2.24) is 5.32 Å². The second kappa shape index (κ2) is 9.73. The lowest BCUT2D eigenvalue weighted by Crippen LogP contribution is -2.32. The van der Waals surface area contributed by atoms with Crippen LogP contribution >= 0.6 is 24.0 Å². The summed E-state index contributed by atoms with van der Waals surface area (Å²) in [4.78, 5) is 4.29. The third kappa shape index (κ3) is 5.70. The molecule has 4 nitrogen and oxygen atoms in total. The zero-order valence-corrected chi connectivity index (χ0v) is 16.0. The van der Waals surface area contributed by atoms with E-state index in [-0.39, 0.29) is 24.0 Å². The number of guanidine groups is 1. The molecule has 0 radical (unpaired) electrons. The van der Waals surface area contributed by atoms with Crippen molar-refractivity contribution in [2.24, 2.45) is 10.7 Å². The molecule has 0 bridgehead atoms. The number of halogens is 1. The lowest BCUT2D eigenvalue weighted by Gasteiger charge is -2.06. The number of nitriles is 1. The summed E-state index contributed by atoms with van der Waals surface area (Å²) in [5.74, 6) is 0.409. The van der Waals surface area contributed by atoms with Gasteiger partial charge < -0.3 is 11.1 Å². The van der Waals surface area contributed by atoms with Crippen LogP contribution in [-0.4, -0.2) is 12.5 Å². The summed E-state index contributed by atoms with van der Waals surface area (Å²) in [5.41, 5.74) is 10.5. The van der Waals surface area contributed by atoms with Crippen molar-refractivity contribution in [1.29, 1.82) is 5.26 Å². The second-order valence-corrected chi connectivity index (χ2v) is 5.37. The molecule has 0 fully saturated rings. The Morgan fingerprint density at radius 3 is 2.50 bits per heavy atom. The largest absolute Gasteiger partial charge is 0.370 e. The molecule has 0 aromatic heterocycles. The van der Waals surface area contributed by atoms with E-state index >= 15 is 0 Å². The van der Waals surface area contributed by atoms with E-state index in [2.05, 4.69) is 23.0 Å². The highest BCUT2D eigenvalue weighted by Gasteiger charge is 2.03. The van der Waals surface area contributed by atoms with Crippen molar-refractivity contribution in [3.05, 3.63) is 71.8 Å². The van der Waals surface area contributed by atoms with Gasteiger partial charge in [0.15, 0.2) is 5.96 Å². The maximum absolute atomic E-state index is 9.17. The molecule has 0 heterocycles. The topological polar surface area (TPSA) is 74.2 Å².